The topological polar surface area (TPSA) is 55.6 Å². The van der Waals surface area contributed by atoms with E-state index in [4.69, 9.17) is 9.15 Å². The lowest BCUT2D eigenvalue weighted by Crippen LogP contribution is -2.30. The molecule has 3 heterocycles. The van der Waals surface area contributed by atoms with Crippen molar-refractivity contribution in [3.8, 4) is 16.3 Å². The maximum atomic E-state index is 13.0. The second-order valence-electron chi connectivity index (χ2n) is 6.90. The molecule has 1 unspecified atom stereocenters. The molecule has 1 aliphatic rings. The van der Waals surface area contributed by atoms with Crippen LogP contribution >= 0.6 is 11.3 Å². The molecule has 0 saturated carbocycles. The lowest BCUT2D eigenvalue weighted by Gasteiger charge is -2.22. The van der Waals surface area contributed by atoms with Gasteiger partial charge in [-0.3, -0.25) is 4.79 Å². The molecule has 140 valence electrons. The van der Waals surface area contributed by atoms with Crippen LogP contribution < -0.4 is 4.74 Å². The van der Waals surface area contributed by atoms with E-state index in [0.29, 0.717) is 5.69 Å². The second kappa shape index (κ2) is 7.56. The number of furan rings is 1. The van der Waals surface area contributed by atoms with Crippen molar-refractivity contribution in [2.75, 3.05) is 6.54 Å². The quantitative estimate of drug-likeness (QED) is 0.611. The van der Waals surface area contributed by atoms with Gasteiger partial charge in [0.05, 0.1) is 18.4 Å². The third kappa shape index (κ3) is 3.76. The largest absolute Gasteiger partial charge is 0.491 e. The molecular weight excluding hydrogens is 360 g/mol. The summed E-state index contributed by atoms with van der Waals surface area (Å²) in [6.45, 7) is 4.74. The molecule has 1 fully saturated rings. The van der Waals surface area contributed by atoms with Crippen LogP contribution in [0.1, 0.15) is 49.0 Å². The fraction of sp³-hybridized carbons (Fsp3) is 0.333. The smallest absolute Gasteiger partial charge is 0.273 e. The van der Waals surface area contributed by atoms with E-state index in [9.17, 15) is 4.79 Å². The van der Waals surface area contributed by atoms with E-state index in [0.717, 1.165) is 41.5 Å². The highest BCUT2D eigenvalue weighted by atomic mass is 32.1. The predicted molar refractivity (Wildman–Crippen MR) is 105 cm³/mol. The number of benzene rings is 1. The van der Waals surface area contributed by atoms with Gasteiger partial charge in [-0.25, -0.2) is 4.98 Å². The Morgan fingerprint density at radius 2 is 2.11 bits per heavy atom. The highest BCUT2D eigenvalue weighted by molar-refractivity contribution is 7.13. The summed E-state index contributed by atoms with van der Waals surface area (Å²) in [6, 6.07) is 11.6. The van der Waals surface area contributed by atoms with Crippen molar-refractivity contribution in [3.63, 3.8) is 0 Å². The van der Waals surface area contributed by atoms with Crippen molar-refractivity contribution in [2.45, 2.75) is 38.8 Å². The van der Waals surface area contributed by atoms with Crippen molar-refractivity contribution in [3.05, 3.63) is 59.5 Å². The molecule has 1 aliphatic heterocycles. The first kappa shape index (κ1) is 17.8. The van der Waals surface area contributed by atoms with Crippen molar-refractivity contribution >= 4 is 17.2 Å². The van der Waals surface area contributed by atoms with Crippen LogP contribution in [0.2, 0.25) is 0 Å². The number of likely N-dealkylation sites (tertiary alicyclic amines) is 1. The minimum absolute atomic E-state index is 0.00474. The number of amides is 1. The fourth-order valence-corrected chi connectivity index (χ4v) is 4.19. The minimum atomic E-state index is -0.0313. The van der Waals surface area contributed by atoms with Gasteiger partial charge in [-0.1, -0.05) is 0 Å². The third-order valence-corrected chi connectivity index (χ3v) is 5.47. The van der Waals surface area contributed by atoms with Crippen LogP contribution in [-0.2, 0) is 0 Å². The highest BCUT2D eigenvalue weighted by Crippen LogP contribution is 2.34. The summed E-state index contributed by atoms with van der Waals surface area (Å²) in [4.78, 5) is 19.4. The van der Waals surface area contributed by atoms with Crippen LogP contribution in [0.5, 0.6) is 5.75 Å². The lowest BCUT2D eigenvalue weighted by atomic mass is 10.1. The second-order valence-corrected chi connectivity index (χ2v) is 7.76. The molecule has 0 aliphatic carbocycles. The molecule has 0 radical (unpaired) electrons. The van der Waals surface area contributed by atoms with Gasteiger partial charge in [-0.2, -0.15) is 0 Å². The summed E-state index contributed by atoms with van der Waals surface area (Å²) >= 11 is 1.49. The molecule has 0 bridgehead atoms. The van der Waals surface area contributed by atoms with Crippen molar-refractivity contribution in [1.29, 1.82) is 0 Å². The van der Waals surface area contributed by atoms with Gasteiger partial charge in [0.1, 0.15) is 22.2 Å². The van der Waals surface area contributed by atoms with E-state index in [1.165, 1.54) is 11.3 Å². The Balaban J connectivity index is 1.51. The van der Waals surface area contributed by atoms with Gasteiger partial charge in [0.25, 0.3) is 5.91 Å². The molecular formula is C21H22N2O3S. The van der Waals surface area contributed by atoms with Crippen LogP contribution in [-0.4, -0.2) is 28.4 Å². The Labute approximate surface area is 162 Å². The Kier molecular flexibility index (Phi) is 4.99. The maximum Gasteiger partial charge on any atom is 0.273 e. The summed E-state index contributed by atoms with van der Waals surface area (Å²) in [6.07, 6.45) is 3.70. The first-order chi connectivity index (χ1) is 13.1. The average Bonchev–Trinajstić information content (AvgIpc) is 3.41. The van der Waals surface area contributed by atoms with Gasteiger partial charge >= 0.3 is 0 Å². The van der Waals surface area contributed by atoms with E-state index >= 15 is 0 Å². The molecule has 3 aromatic rings. The number of rotatable bonds is 5. The zero-order valence-electron chi connectivity index (χ0n) is 15.4. The summed E-state index contributed by atoms with van der Waals surface area (Å²) in [5.41, 5.74) is 1.48. The minimum Gasteiger partial charge on any atom is -0.491 e. The molecule has 27 heavy (non-hydrogen) atoms. The summed E-state index contributed by atoms with van der Waals surface area (Å²) in [5, 5.41) is 2.68. The lowest BCUT2D eigenvalue weighted by molar-refractivity contribution is 0.0715. The molecule has 1 amide bonds. The zero-order chi connectivity index (χ0) is 18.8. The number of carbonyl (C=O) groups excluding carboxylic acids is 1. The number of hydrogen-bond donors (Lipinski definition) is 0. The Hall–Kier alpha value is -2.60. The van der Waals surface area contributed by atoms with Gasteiger partial charge in [0, 0.05) is 17.5 Å². The molecule has 1 atom stereocenters. The Bertz CT molecular complexity index is 900. The zero-order valence-corrected chi connectivity index (χ0v) is 16.2. The summed E-state index contributed by atoms with van der Waals surface area (Å²) < 4.78 is 11.2. The van der Waals surface area contributed by atoms with Crippen LogP contribution in [0.4, 0.5) is 0 Å². The highest BCUT2D eigenvalue weighted by Gasteiger charge is 2.33. The van der Waals surface area contributed by atoms with Gasteiger partial charge in [-0.05, 0) is 63.1 Å². The van der Waals surface area contributed by atoms with E-state index in [1.807, 2.05) is 60.5 Å². The molecule has 5 nitrogen and oxygen atoms in total. The Morgan fingerprint density at radius 3 is 2.81 bits per heavy atom. The van der Waals surface area contributed by atoms with Crippen LogP contribution in [0.15, 0.2) is 52.5 Å². The van der Waals surface area contributed by atoms with Crippen LogP contribution in [0, 0.1) is 0 Å². The molecule has 6 heteroatoms. The van der Waals surface area contributed by atoms with Crippen molar-refractivity contribution in [1.82, 2.24) is 9.88 Å². The van der Waals surface area contributed by atoms with Crippen molar-refractivity contribution in [2.24, 2.45) is 0 Å². The number of ether oxygens (including phenoxy) is 1. The number of carbonyl (C=O) groups is 1. The number of hydrogen-bond acceptors (Lipinski definition) is 5. The normalized spacial score (nSPS) is 16.9. The first-order valence-electron chi connectivity index (χ1n) is 9.19. The number of nitrogens with zero attached hydrogens (tertiary/aromatic N) is 2. The fourth-order valence-electron chi connectivity index (χ4n) is 3.39. The standard InChI is InChI=1S/C21H22N2O3S/c1-14(2)26-16-9-7-15(8-10-16)20-22-17(13-27-20)21(24)23-11-3-5-18(23)19-6-4-12-25-19/h4,6-10,12-14,18H,3,5,11H2,1-2H3. The van der Waals surface area contributed by atoms with E-state index in [1.54, 1.807) is 6.26 Å². The van der Waals surface area contributed by atoms with Gasteiger partial charge in [-0.15, -0.1) is 11.3 Å². The van der Waals surface area contributed by atoms with Crippen molar-refractivity contribution < 1.29 is 13.9 Å². The molecule has 0 N–H and O–H groups in total. The molecule has 2 aromatic heterocycles. The van der Waals surface area contributed by atoms with Gasteiger partial charge in [0.2, 0.25) is 0 Å². The van der Waals surface area contributed by atoms with Gasteiger partial charge < -0.3 is 14.1 Å². The number of aromatic nitrogens is 1. The molecule has 0 spiro atoms. The van der Waals surface area contributed by atoms with E-state index in [-0.39, 0.29) is 18.1 Å². The monoisotopic (exact) mass is 382 g/mol. The SMILES string of the molecule is CC(C)Oc1ccc(-c2nc(C(=O)N3CCCC3c3ccco3)cs2)cc1. The molecule has 4 rings (SSSR count). The van der Waals surface area contributed by atoms with Crippen LogP contribution in [0.25, 0.3) is 10.6 Å². The molecule has 1 aromatic carbocycles. The number of thiazole rings is 1. The van der Waals surface area contributed by atoms with E-state index in [2.05, 4.69) is 4.98 Å². The molecule has 1 saturated heterocycles. The average molecular weight is 382 g/mol. The predicted octanol–water partition coefficient (Wildman–Crippen LogP) is 5.17. The maximum absolute atomic E-state index is 13.0. The Morgan fingerprint density at radius 1 is 1.30 bits per heavy atom. The third-order valence-electron chi connectivity index (χ3n) is 4.58. The van der Waals surface area contributed by atoms with Gasteiger partial charge in [0.15, 0.2) is 0 Å². The van der Waals surface area contributed by atoms with E-state index < -0.39 is 0 Å². The summed E-state index contributed by atoms with van der Waals surface area (Å²) in [5.74, 6) is 1.65. The summed E-state index contributed by atoms with van der Waals surface area (Å²) in [7, 11) is 0. The first-order valence-corrected chi connectivity index (χ1v) is 10.1. The van der Waals surface area contributed by atoms with Crippen LogP contribution in [0.3, 0.4) is 0 Å².